The number of halogens is 1. The fraction of sp³-hybridized carbons (Fsp3) is 0.500. The zero-order valence-corrected chi connectivity index (χ0v) is 11.8. The van der Waals surface area contributed by atoms with Gasteiger partial charge in [-0.25, -0.2) is 0 Å². The molecule has 1 aliphatic rings. The van der Waals surface area contributed by atoms with E-state index in [1.807, 2.05) is 13.0 Å². The third kappa shape index (κ3) is 3.85. The predicted octanol–water partition coefficient (Wildman–Crippen LogP) is 2.82. The Kier molecular flexibility index (Phi) is 5.05. The van der Waals surface area contributed by atoms with Gasteiger partial charge in [-0.1, -0.05) is 18.5 Å². The number of carbonyl (C=O) groups is 1. The van der Waals surface area contributed by atoms with E-state index in [1.54, 1.807) is 12.1 Å². The normalized spacial score (nSPS) is 18.3. The lowest BCUT2D eigenvalue weighted by Gasteiger charge is -2.12. The second-order valence-corrected chi connectivity index (χ2v) is 5.04. The zero-order chi connectivity index (χ0) is 13.7. The molecule has 1 aromatic carbocycles. The molecule has 1 saturated heterocycles. The Labute approximate surface area is 118 Å². The summed E-state index contributed by atoms with van der Waals surface area (Å²) in [6, 6.07) is 5.23. The summed E-state index contributed by atoms with van der Waals surface area (Å²) in [5.74, 6) is 0.649. The highest BCUT2D eigenvalue weighted by Crippen LogP contribution is 2.28. The molecule has 1 heterocycles. The topological polar surface area (TPSA) is 50.4 Å². The number of ether oxygens (including phenoxy) is 1. The number of benzene rings is 1. The maximum absolute atomic E-state index is 11.9. The lowest BCUT2D eigenvalue weighted by atomic mass is 10.2. The van der Waals surface area contributed by atoms with Crippen molar-refractivity contribution < 1.29 is 9.53 Å². The molecule has 2 rings (SSSR count). The first-order valence-electron chi connectivity index (χ1n) is 6.67. The van der Waals surface area contributed by atoms with Crippen molar-refractivity contribution in [2.45, 2.75) is 32.2 Å². The molecule has 1 aliphatic heterocycles. The molecule has 5 heteroatoms. The number of rotatable bonds is 5. The monoisotopic (exact) mass is 282 g/mol. The third-order valence-electron chi connectivity index (χ3n) is 3.04. The number of nitrogens with one attached hydrogen (secondary N) is 2. The summed E-state index contributed by atoms with van der Waals surface area (Å²) < 4.78 is 5.49. The Balaban J connectivity index is 1.97. The SMILES string of the molecule is CCCOc1ccc(NC(=O)[C@H]2CCCN2)cc1Cl. The van der Waals surface area contributed by atoms with Gasteiger partial charge in [0.1, 0.15) is 5.75 Å². The van der Waals surface area contributed by atoms with Crippen LogP contribution in [0.3, 0.4) is 0 Å². The van der Waals surface area contributed by atoms with Gasteiger partial charge in [-0.2, -0.15) is 0 Å². The standard InChI is InChI=1S/C14H19ClN2O2/c1-2-8-19-13-6-5-10(9-11(13)15)17-14(18)12-4-3-7-16-12/h5-6,9,12,16H,2-4,7-8H2,1H3,(H,17,18)/t12-/m1/s1. The van der Waals surface area contributed by atoms with Gasteiger partial charge in [0.05, 0.1) is 17.7 Å². The Morgan fingerprint density at radius 3 is 3.05 bits per heavy atom. The van der Waals surface area contributed by atoms with Crippen molar-refractivity contribution in [2.24, 2.45) is 0 Å². The van der Waals surface area contributed by atoms with E-state index in [2.05, 4.69) is 10.6 Å². The summed E-state index contributed by atoms with van der Waals surface area (Å²) in [5.41, 5.74) is 0.701. The Bertz CT molecular complexity index is 445. The van der Waals surface area contributed by atoms with Crippen LogP contribution in [0.15, 0.2) is 18.2 Å². The minimum Gasteiger partial charge on any atom is -0.492 e. The first kappa shape index (κ1) is 14.2. The lowest BCUT2D eigenvalue weighted by molar-refractivity contribution is -0.117. The van der Waals surface area contributed by atoms with Crippen LogP contribution in [0.4, 0.5) is 5.69 Å². The van der Waals surface area contributed by atoms with Gasteiger partial charge in [0.2, 0.25) is 5.91 Å². The smallest absolute Gasteiger partial charge is 0.241 e. The summed E-state index contributed by atoms with van der Waals surface area (Å²) >= 11 is 6.12. The molecule has 0 saturated carbocycles. The van der Waals surface area contributed by atoms with Crippen molar-refractivity contribution in [2.75, 3.05) is 18.5 Å². The summed E-state index contributed by atoms with van der Waals surface area (Å²) in [6.45, 7) is 3.58. The lowest BCUT2D eigenvalue weighted by Crippen LogP contribution is -2.35. The number of anilines is 1. The van der Waals surface area contributed by atoms with Crippen LogP contribution in [0.25, 0.3) is 0 Å². The maximum Gasteiger partial charge on any atom is 0.241 e. The minimum absolute atomic E-state index is 0.00390. The van der Waals surface area contributed by atoms with Crippen molar-refractivity contribution in [3.63, 3.8) is 0 Å². The van der Waals surface area contributed by atoms with Crippen molar-refractivity contribution in [1.82, 2.24) is 5.32 Å². The average Bonchev–Trinajstić information content (AvgIpc) is 2.92. The number of hydrogen-bond donors (Lipinski definition) is 2. The summed E-state index contributed by atoms with van der Waals surface area (Å²) in [7, 11) is 0. The Morgan fingerprint density at radius 2 is 2.42 bits per heavy atom. The van der Waals surface area contributed by atoms with E-state index >= 15 is 0 Å². The van der Waals surface area contributed by atoms with Gasteiger partial charge >= 0.3 is 0 Å². The van der Waals surface area contributed by atoms with Crippen molar-refractivity contribution >= 4 is 23.2 Å². The average molecular weight is 283 g/mol. The molecule has 1 amide bonds. The molecule has 0 bridgehead atoms. The van der Waals surface area contributed by atoms with Gasteiger partial charge in [-0.15, -0.1) is 0 Å². The molecule has 104 valence electrons. The van der Waals surface area contributed by atoms with E-state index in [9.17, 15) is 4.79 Å². The van der Waals surface area contributed by atoms with E-state index in [4.69, 9.17) is 16.3 Å². The van der Waals surface area contributed by atoms with Crippen LogP contribution in [-0.4, -0.2) is 25.1 Å². The molecule has 19 heavy (non-hydrogen) atoms. The first-order valence-corrected chi connectivity index (χ1v) is 7.05. The van der Waals surface area contributed by atoms with Crippen molar-refractivity contribution in [1.29, 1.82) is 0 Å². The largest absolute Gasteiger partial charge is 0.492 e. The molecule has 2 N–H and O–H groups in total. The van der Waals surface area contributed by atoms with Crippen LogP contribution in [0.2, 0.25) is 5.02 Å². The Hall–Kier alpha value is -1.26. The second kappa shape index (κ2) is 6.78. The molecule has 0 radical (unpaired) electrons. The van der Waals surface area contributed by atoms with Crippen LogP contribution in [0.5, 0.6) is 5.75 Å². The molecule has 4 nitrogen and oxygen atoms in total. The predicted molar refractivity (Wildman–Crippen MR) is 76.9 cm³/mol. The van der Waals surface area contributed by atoms with Gasteiger partial charge in [0, 0.05) is 5.69 Å². The second-order valence-electron chi connectivity index (χ2n) is 4.63. The van der Waals surface area contributed by atoms with Crippen LogP contribution in [0.1, 0.15) is 26.2 Å². The third-order valence-corrected chi connectivity index (χ3v) is 3.33. The zero-order valence-electron chi connectivity index (χ0n) is 11.0. The summed E-state index contributed by atoms with van der Waals surface area (Å²) in [4.78, 5) is 11.9. The van der Waals surface area contributed by atoms with Crippen LogP contribution in [0, 0.1) is 0 Å². The van der Waals surface area contributed by atoms with Crippen LogP contribution < -0.4 is 15.4 Å². The number of hydrogen-bond acceptors (Lipinski definition) is 3. The summed E-state index contributed by atoms with van der Waals surface area (Å²) in [6.07, 6.45) is 2.86. The van der Waals surface area contributed by atoms with E-state index < -0.39 is 0 Å². The fourth-order valence-corrected chi connectivity index (χ4v) is 2.28. The molecule has 0 aromatic heterocycles. The van der Waals surface area contributed by atoms with Gasteiger partial charge in [0.25, 0.3) is 0 Å². The number of amides is 1. The molecule has 1 atom stereocenters. The van der Waals surface area contributed by atoms with Gasteiger partial charge < -0.3 is 15.4 Å². The molecular formula is C14H19ClN2O2. The first-order chi connectivity index (χ1) is 9.20. The van der Waals surface area contributed by atoms with Crippen LogP contribution >= 0.6 is 11.6 Å². The summed E-state index contributed by atoms with van der Waals surface area (Å²) in [5, 5.41) is 6.55. The molecule has 0 unspecified atom stereocenters. The Morgan fingerprint density at radius 1 is 1.58 bits per heavy atom. The van der Waals surface area contributed by atoms with Gasteiger partial charge in [-0.3, -0.25) is 4.79 Å². The minimum atomic E-state index is -0.0882. The molecule has 0 aliphatic carbocycles. The van der Waals surface area contributed by atoms with E-state index in [-0.39, 0.29) is 11.9 Å². The van der Waals surface area contributed by atoms with E-state index in [0.717, 1.165) is 25.8 Å². The van der Waals surface area contributed by atoms with Gasteiger partial charge in [0.15, 0.2) is 0 Å². The molecule has 1 aromatic rings. The van der Waals surface area contributed by atoms with E-state index in [1.165, 1.54) is 0 Å². The van der Waals surface area contributed by atoms with Gasteiger partial charge in [-0.05, 0) is 44.0 Å². The molecular weight excluding hydrogens is 264 g/mol. The highest BCUT2D eigenvalue weighted by atomic mass is 35.5. The highest BCUT2D eigenvalue weighted by Gasteiger charge is 2.21. The van der Waals surface area contributed by atoms with Crippen molar-refractivity contribution in [3.8, 4) is 5.75 Å². The number of carbonyl (C=O) groups excluding carboxylic acids is 1. The maximum atomic E-state index is 11.9. The van der Waals surface area contributed by atoms with Crippen molar-refractivity contribution in [3.05, 3.63) is 23.2 Å². The quantitative estimate of drug-likeness (QED) is 0.873. The molecule has 1 fully saturated rings. The molecule has 0 spiro atoms. The highest BCUT2D eigenvalue weighted by molar-refractivity contribution is 6.32. The fourth-order valence-electron chi connectivity index (χ4n) is 2.05. The van der Waals surface area contributed by atoms with E-state index in [0.29, 0.717) is 23.1 Å². The van der Waals surface area contributed by atoms with Crippen LogP contribution in [-0.2, 0) is 4.79 Å².